The topological polar surface area (TPSA) is 52.3 Å². The zero-order valence-corrected chi connectivity index (χ0v) is 8.08. The summed E-state index contributed by atoms with van der Waals surface area (Å²) in [6.45, 7) is 0. The quantitative estimate of drug-likeness (QED) is 0.522. The molecule has 3 nitrogen and oxygen atoms in total. The Bertz CT molecular complexity index is 205. The Labute approximate surface area is 78.9 Å². The number of hydrogen-bond donors (Lipinski definition) is 1. The summed E-state index contributed by atoms with van der Waals surface area (Å²) in [5.41, 5.74) is 6.07. The van der Waals surface area contributed by atoms with Crippen LogP contribution in [0, 0.1) is 5.92 Å². The van der Waals surface area contributed by atoms with Gasteiger partial charge in [-0.15, -0.1) is 0 Å². The van der Waals surface area contributed by atoms with Gasteiger partial charge in [0.15, 0.2) is 0 Å². The van der Waals surface area contributed by atoms with Gasteiger partial charge in [-0.25, -0.2) is 4.79 Å². The SMILES string of the molecule is COC(=O)/C(=C\N)C1CCCCC1. The lowest BCUT2D eigenvalue weighted by atomic mass is 9.84. The number of hydrogen-bond acceptors (Lipinski definition) is 3. The molecule has 74 valence electrons. The van der Waals surface area contributed by atoms with Gasteiger partial charge in [-0.3, -0.25) is 0 Å². The second-order valence-corrected chi connectivity index (χ2v) is 3.45. The highest BCUT2D eigenvalue weighted by Crippen LogP contribution is 2.29. The zero-order valence-electron chi connectivity index (χ0n) is 8.08. The molecular formula is C10H17NO2. The fourth-order valence-corrected chi connectivity index (χ4v) is 1.90. The Kier molecular flexibility index (Phi) is 3.80. The number of carbonyl (C=O) groups excluding carboxylic acids is 1. The Balaban J connectivity index is 2.60. The van der Waals surface area contributed by atoms with E-state index in [0.717, 1.165) is 12.8 Å². The van der Waals surface area contributed by atoms with Crippen LogP contribution in [0.15, 0.2) is 11.8 Å². The van der Waals surface area contributed by atoms with E-state index in [9.17, 15) is 4.79 Å². The summed E-state index contributed by atoms with van der Waals surface area (Å²) in [6.07, 6.45) is 7.20. The predicted molar refractivity (Wildman–Crippen MR) is 50.9 cm³/mol. The molecule has 0 aromatic rings. The summed E-state index contributed by atoms with van der Waals surface area (Å²) in [5, 5.41) is 0. The van der Waals surface area contributed by atoms with Gasteiger partial charge >= 0.3 is 5.97 Å². The first-order valence-corrected chi connectivity index (χ1v) is 4.79. The average molecular weight is 183 g/mol. The van der Waals surface area contributed by atoms with Crippen molar-refractivity contribution in [3.05, 3.63) is 11.8 Å². The van der Waals surface area contributed by atoms with Gasteiger partial charge in [0.1, 0.15) is 0 Å². The number of rotatable bonds is 2. The van der Waals surface area contributed by atoms with Crippen molar-refractivity contribution in [1.29, 1.82) is 0 Å². The Morgan fingerprint density at radius 1 is 1.38 bits per heavy atom. The van der Waals surface area contributed by atoms with Crippen LogP contribution in [0.3, 0.4) is 0 Å². The third-order valence-corrected chi connectivity index (χ3v) is 2.65. The van der Waals surface area contributed by atoms with Gasteiger partial charge in [0, 0.05) is 6.20 Å². The summed E-state index contributed by atoms with van der Waals surface area (Å²) in [6, 6.07) is 0. The maximum atomic E-state index is 11.3. The second-order valence-electron chi connectivity index (χ2n) is 3.45. The first-order chi connectivity index (χ1) is 6.29. The lowest BCUT2D eigenvalue weighted by molar-refractivity contribution is -0.136. The van der Waals surface area contributed by atoms with Crippen molar-refractivity contribution in [2.24, 2.45) is 11.7 Å². The van der Waals surface area contributed by atoms with Crippen LogP contribution in [0.25, 0.3) is 0 Å². The summed E-state index contributed by atoms with van der Waals surface area (Å²) >= 11 is 0. The average Bonchev–Trinajstić information content (AvgIpc) is 2.20. The molecule has 0 heterocycles. The number of methoxy groups -OCH3 is 1. The van der Waals surface area contributed by atoms with Gasteiger partial charge in [0.2, 0.25) is 0 Å². The van der Waals surface area contributed by atoms with Crippen molar-refractivity contribution in [3.8, 4) is 0 Å². The predicted octanol–water partition coefficient (Wildman–Crippen LogP) is 1.58. The number of carbonyl (C=O) groups is 1. The van der Waals surface area contributed by atoms with Gasteiger partial charge in [-0.05, 0) is 18.8 Å². The van der Waals surface area contributed by atoms with Crippen molar-refractivity contribution in [2.75, 3.05) is 7.11 Å². The highest BCUT2D eigenvalue weighted by molar-refractivity contribution is 5.88. The Morgan fingerprint density at radius 3 is 2.46 bits per heavy atom. The smallest absolute Gasteiger partial charge is 0.335 e. The maximum Gasteiger partial charge on any atom is 0.335 e. The molecule has 0 aromatic heterocycles. The van der Waals surface area contributed by atoms with Crippen molar-refractivity contribution >= 4 is 5.97 Å². The molecule has 0 radical (unpaired) electrons. The monoisotopic (exact) mass is 183 g/mol. The second kappa shape index (κ2) is 4.90. The summed E-state index contributed by atoms with van der Waals surface area (Å²) in [4.78, 5) is 11.3. The van der Waals surface area contributed by atoms with Crippen LogP contribution in [0.4, 0.5) is 0 Å². The lowest BCUT2D eigenvalue weighted by Gasteiger charge is -2.22. The van der Waals surface area contributed by atoms with E-state index in [-0.39, 0.29) is 5.97 Å². The van der Waals surface area contributed by atoms with Crippen LogP contribution in [0.2, 0.25) is 0 Å². The van der Waals surface area contributed by atoms with Gasteiger partial charge in [0.05, 0.1) is 12.7 Å². The fraction of sp³-hybridized carbons (Fsp3) is 0.700. The van der Waals surface area contributed by atoms with Crippen LogP contribution in [0.1, 0.15) is 32.1 Å². The maximum absolute atomic E-state index is 11.3. The summed E-state index contributed by atoms with van der Waals surface area (Å²) in [7, 11) is 1.40. The molecule has 1 aliphatic rings. The van der Waals surface area contributed by atoms with E-state index >= 15 is 0 Å². The van der Waals surface area contributed by atoms with Crippen LogP contribution in [-0.4, -0.2) is 13.1 Å². The van der Waals surface area contributed by atoms with E-state index < -0.39 is 0 Å². The Hall–Kier alpha value is -0.990. The molecule has 13 heavy (non-hydrogen) atoms. The molecule has 1 aliphatic carbocycles. The molecule has 0 aliphatic heterocycles. The Morgan fingerprint density at radius 2 is 2.00 bits per heavy atom. The molecule has 0 saturated heterocycles. The van der Waals surface area contributed by atoms with E-state index in [2.05, 4.69) is 4.74 Å². The molecule has 0 atom stereocenters. The van der Waals surface area contributed by atoms with Crippen LogP contribution < -0.4 is 5.73 Å². The van der Waals surface area contributed by atoms with Gasteiger partial charge in [-0.2, -0.15) is 0 Å². The van der Waals surface area contributed by atoms with Gasteiger partial charge < -0.3 is 10.5 Å². The fourth-order valence-electron chi connectivity index (χ4n) is 1.90. The molecule has 0 unspecified atom stereocenters. The lowest BCUT2D eigenvalue weighted by Crippen LogP contribution is -2.18. The first-order valence-electron chi connectivity index (χ1n) is 4.79. The van der Waals surface area contributed by atoms with E-state index in [4.69, 9.17) is 5.73 Å². The van der Waals surface area contributed by atoms with Crippen LogP contribution >= 0.6 is 0 Å². The van der Waals surface area contributed by atoms with E-state index in [1.165, 1.54) is 32.6 Å². The molecule has 0 aromatic carbocycles. The molecule has 0 spiro atoms. The first kappa shape index (κ1) is 10.1. The molecule has 1 fully saturated rings. The van der Waals surface area contributed by atoms with Gasteiger partial charge in [-0.1, -0.05) is 19.3 Å². The zero-order chi connectivity index (χ0) is 9.68. The minimum Gasteiger partial charge on any atom is -0.466 e. The van der Waals surface area contributed by atoms with Gasteiger partial charge in [0.25, 0.3) is 0 Å². The molecule has 1 rings (SSSR count). The minimum atomic E-state index is -0.269. The van der Waals surface area contributed by atoms with Crippen molar-refractivity contribution in [1.82, 2.24) is 0 Å². The molecule has 3 heteroatoms. The van der Waals surface area contributed by atoms with Crippen molar-refractivity contribution < 1.29 is 9.53 Å². The molecule has 0 bridgehead atoms. The van der Waals surface area contributed by atoms with Crippen LogP contribution in [0.5, 0.6) is 0 Å². The van der Waals surface area contributed by atoms with Crippen LogP contribution in [-0.2, 0) is 9.53 Å². The highest BCUT2D eigenvalue weighted by Gasteiger charge is 2.22. The molecule has 1 saturated carbocycles. The molecular weight excluding hydrogens is 166 g/mol. The van der Waals surface area contributed by atoms with E-state index in [1.807, 2.05) is 0 Å². The van der Waals surface area contributed by atoms with E-state index in [0.29, 0.717) is 11.5 Å². The van der Waals surface area contributed by atoms with Crippen molar-refractivity contribution in [2.45, 2.75) is 32.1 Å². The summed E-state index contributed by atoms with van der Waals surface area (Å²) in [5.74, 6) is 0.0561. The standard InChI is InChI=1S/C10H17NO2/c1-13-10(12)9(7-11)8-5-3-2-4-6-8/h7-8H,2-6,11H2,1H3/b9-7-. The molecule has 0 amide bonds. The summed E-state index contributed by atoms with van der Waals surface area (Å²) < 4.78 is 4.67. The number of esters is 1. The third kappa shape index (κ3) is 2.47. The van der Waals surface area contributed by atoms with E-state index in [1.54, 1.807) is 0 Å². The highest BCUT2D eigenvalue weighted by atomic mass is 16.5. The minimum absolute atomic E-state index is 0.269. The molecule has 2 N–H and O–H groups in total. The normalized spacial score (nSPS) is 19.9. The number of nitrogens with two attached hydrogens (primary N) is 1. The third-order valence-electron chi connectivity index (χ3n) is 2.65. The van der Waals surface area contributed by atoms with Crippen molar-refractivity contribution in [3.63, 3.8) is 0 Å². The largest absolute Gasteiger partial charge is 0.466 e. The number of ether oxygens (including phenoxy) is 1.